The summed E-state index contributed by atoms with van der Waals surface area (Å²) in [4.78, 5) is 29.2. The number of benzene rings is 1. The van der Waals surface area contributed by atoms with Crippen molar-refractivity contribution in [2.24, 2.45) is 0 Å². The molecule has 0 unspecified atom stereocenters. The molecule has 1 saturated heterocycles. The lowest BCUT2D eigenvalue weighted by molar-refractivity contribution is -0.130. The first-order valence-electron chi connectivity index (χ1n) is 9.61. The van der Waals surface area contributed by atoms with E-state index in [0.29, 0.717) is 13.1 Å². The Morgan fingerprint density at radius 1 is 1.30 bits per heavy atom. The second-order valence-electron chi connectivity index (χ2n) is 8.49. The summed E-state index contributed by atoms with van der Waals surface area (Å²) in [5, 5.41) is 2.97. The van der Waals surface area contributed by atoms with E-state index >= 15 is 0 Å². The third-order valence-electron chi connectivity index (χ3n) is 4.65. The summed E-state index contributed by atoms with van der Waals surface area (Å²) in [6, 6.07) is 8.19. The normalized spacial score (nSPS) is 20.3. The number of amides is 3. The van der Waals surface area contributed by atoms with Crippen molar-refractivity contribution in [2.45, 2.75) is 70.7 Å². The zero-order valence-electron chi connectivity index (χ0n) is 17.6. The first kappa shape index (κ1) is 21.6. The Bertz CT molecular complexity index is 684. The molecule has 3 amide bonds. The molecule has 150 valence electrons. The second kappa shape index (κ2) is 8.55. The van der Waals surface area contributed by atoms with Gasteiger partial charge in [-0.3, -0.25) is 4.79 Å². The van der Waals surface area contributed by atoms with Crippen molar-refractivity contribution in [1.29, 1.82) is 0 Å². The molecule has 1 aliphatic heterocycles. The second-order valence-corrected chi connectivity index (χ2v) is 9.91. The van der Waals surface area contributed by atoms with Crippen molar-refractivity contribution >= 4 is 23.7 Å². The third-order valence-corrected chi connectivity index (χ3v) is 6.03. The summed E-state index contributed by atoms with van der Waals surface area (Å²) < 4.78 is 0. The molecular weight excluding hydrogens is 358 g/mol. The van der Waals surface area contributed by atoms with Gasteiger partial charge in [0, 0.05) is 24.7 Å². The van der Waals surface area contributed by atoms with E-state index in [-0.39, 0.29) is 34.1 Å². The maximum Gasteiger partial charge on any atom is 0.318 e. The van der Waals surface area contributed by atoms with Gasteiger partial charge in [-0.05, 0) is 59.6 Å². The molecule has 1 aliphatic rings. The fourth-order valence-electron chi connectivity index (χ4n) is 3.21. The molecular formula is C21H33N3O2S. The summed E-state index contributed by atoms with van der Waals surface area (Å²) in [5.41, 5.74) is 2.07. The summed E-state index contributed by atoms with van der Waals surface area (Å²) in [7, 11) is 0. The van der Waals surface area contributed by atoms with Crippen LogP contribution in [0.25, 0.3) is 0 Å². The summed E-state index contributed by atoms with van der Waals surface area (Å²) >= 11 is 1.68. The molecule has 27 heavy (non-hydrogen) atoms. The number of hydrogen-bond acceptors (Lipinski definition) is 3. The number of carbonyl (C=O) groups is 2. The van der Waals surface area contributed by atoms with Crippen LogP contribution in [0, 0.1) is 6.92 Å². The lowest BCUT2D eigenvalue weighted by Crippen LogP contribution is -2.52. The smallest absolute Gasteiger partial charge is 0.318 e. The number of hydrogen-bond donors (Lipinski definition) is 1. The van der Waals surface area contributed by atoms with Gasteiger partial charge in [0.15, 0.2) is 0 Å². The fourth-order valence-corrected chi connectivity index (χ4v) is 4.61. The van der Waals surface area contributed by atoms with Crippen LogP contribution in [-0.4, -0.2) is 51.7 Å². The van der Waals surface area contributed by atoms with Crippen molar-refractivity contribution in [3.8, 4) is 0 Å². The predicted octanol–water partition coefficient (Wildman–Crippen LogP) is 4.18. The van der Waals surface area contributed by atoms with Gasteiger partial charge >= 0.3 is 6.03 Å². The van der Waals surface area contributed by atoms with Gasteiger partial charge < -0.3 is 15.1 Å². The van der Waals surface area contributed by atoms with Crippen LogP contribution in [0.5, 0.6) is 0 Å². The molecule has 5 nitrogen and oxygen atoms in total. The van der Waals surface area contributed by atoms with Crippen molar-refractivity contribution in [1.82, 2.24) is 15.1 Å². The number of carbonyl (C=O) groups excluding carboxylic acids is 2. The van der Waals surface area contributed by atoms with E-state index < -0.39 is 0 Å². The van der Waals surface area contributed by atoms with Crippen LogP contribution in [0.1, 0.15) is 58.0 Å². The molecule has 0 radical (unpaired) electrons. The number of thioether (sulfide) groups is 1. The highest BCUT2D eigenvalue weighted by atomic mass is 32.2. The van der Waals surface area contributed by atoms with Gasteiger partial charge in [0.05, 0.1) is 5.25 Å². The van der Waals surface area contributed by atoms with E-state index in [9.17, 15) is 9.59 Å². The molecule has 1 aromatic carbocycles. The summed E-state index contributed by atoms with van der Waals surface area (Å²) in [6.07, 6.45) is 0. The topological polar surface area (TPSA) is 52.7 Å². The highest BCUT2D eigenvalue weighted by Gasteiger charge is 2.39. The Morgan fingerprint density at radius 3 is 2.48 bits per heavy atom. The molecule has 2 rings (SSSR count). The molecule has 0 aliphatic carbocycles. The minimum absolute atomic E-state index is 0.00777. The van der Waals surface area contributed by atoms with Crippen molar-refractivity contribution in [3.05, 3.63) is 35.4 Å². The van der Waals surface area contributed by atoms with Gasteiger partial charge in [-0.25, -0.2) is 4.79 Å². The highest BCUT2D eigenvalue weighted by Crippen LogP contribution is 2.43. The van der Waals surface area contributed by atoms with Gasteiger partial charge in [0.2, 0.25) is 5.91 Å². The SMILES string of the molecule is Cc1ccccc1[C@H]1S[C@H](C)C(=O)N1CCN(C(=O)NC(C)(C)C)C(C)C. The number of rotatable bonds is 5. The molecule has 1 fully saturated rings. The van der Waals surface area contributed by atoms with Crippen LogP contribution < -0.4 is 5.32 Å². The van der Waals surface area contributed by atoms with Gasteiger partial charge in [-0.2, -0.15) is 0 Å². The molecule has 1 aromatic rings. The van der Waals surface area contributed by atoms with E-state index in [0.717, 1.165) is 0 Å². The Labute approximate surface area is 167 Å². The van der Waals surface area contributed by atoms with E-state index in [1.54, 1.807) is 16.7 Å². The van der Waals surface area contributed by atoms with Crippen molar-refractivity contribution in [2.75, 3.05) is 13.1 Å². The average molecular weight is 392 g/mol. The van der Waals surface area contributed by atoms with E-state index in [1.165, 1.54) is 11.1 Å². The predicted molar refractivity (Wildman–Crippen MR) is 113 cm³/mol. The molecule has 0 bridgehead atoms. The quantitative estimate of drug-likeness (QED) is 0.819. The zero-order chi connectivity index (χ0) is 20.4. The summed E-state index contributed by atoms with van der Waals surface area (Å²) in [6.45, 7) is 15.0. The van der Waals surface area contributed by atoms with Crippen LogP contribution in [0.15, 0.2) is 24.3 Å². The monoisotopic (exact) mass is 391 g/mol. The van der Waals surface area contributed by atoms with Gasteiger partial charge in [0.25, 0.3) is 0 Å². The third kappa shape index (κ3) is 5.41. The van der Waals surface area contributed by atoms with Gasteiger partial charge in [-0.1, -0.05) is 24.3 Å². The van der Waals surface area contributed by atoms with Crippen molar-refractivity contribution in [3.63, 3.8) is 0 Å². The largest absolute Gasteiger partial charge is 0.333 e. The van der Waals surface area contributed by atoms with E-state index in [2.05, 4.69) is 24.4 Å². The van der Waals surface area contributed by atoms with Crippen LogP contribution in [0.2, 0.25) is 0 Å². The fraction of sp³-hybridized carbons (Fsp3) is 0.619. The minimum Gasteiger partial charge on any atom is -0.333 e. The lowest BCUT2D eigenvalue weighted by atomic mass is 10.1. The molecule has 0 spiro atoms. The van der Waals surface area contributed by atoms with Crippen molar-refractivity contribution < 1.29 is 9.59 Å². The van der Waals surface area contributed by atoms with Gasteiger partial charge in [0.1, 0.15) is 5.37 Å². The Kier molecular flexibility index (Phi) is 6.84. The summed E-state index contributed by atoms with van der Waals surface area (Å²) in [5.74, 6) is 0.146. The molecule has 0 saturated carbocycles. The molecule has 1 heterocycles. The van der Waals surface area contributed by atoms with Crippen LogP contribution in [-0.2, 0) is 4.79 Å². The van der Waals surface area contributed by atoms with Crippen LogP contribution in [0.3, 0.4) is 0 Å². The first-order valence-corrected chi connectivity index (χ1v) is 10.6. The molecule has 2 atom stereocenters. The maximum atomic E-state index is 12.8. The van der Waals surface area contributed by atoms with Crippen LogP contribution >= 0.6 is 11.8 Å². The number of aryl methyl sites for hydroxylation is 1. The Balaban J connectivity index is 2.15. The highest BCUT2D eigenvalue weighted by molar-refractivity contribution is 8.01. The van der Waals surface area contributed by atoms with E-state index in [4.69, 9.17) is 0 Å². The standard InChI is InChI=1S/C21H33N3O2S/c1-14(2)23(20(26)22-21(5,6)7)12-13-24-18(25)16(4)27-19(24)17-11-9-8-10-15(17)3/h8-11,14,16,19H,12-13H2,1-7H3,(H,22,26)/t16-,19-/m1/s1. The molecule has 0 aromatic heterocycles. The van der Waals surface area contributed by atoms with E-state index in [1.807, 2.05) is 58.6 Å². The minimum atomic E-state index is -0.290. The first-order chi connectivity index (χ1) is 12.5. The average Bonchev–Trinajstić information content (AvgIpc) is 2.81. The Morgan fingerprint density at radius 2 is 1.93 bits per heavy atom. The Hall–Kier alpha value is -1.69. The lowest BCUT2D eigenvalue weighted by Gasteiger charge is -2.33. The number of nitrogens with one attached hydrogen (secondary N) is 1. The zero-order valence-corrected chi connectivity index (χ0v) is 18.4. The maximum absolute atomic E-state index is 12.8. The molecule has 1 N–H and O–H groups in total. The number of urea groups is 1. The van der Waals surface area contributed by atoms with Crippen LogP contribution in [0.4, 0.5) is 4.79 Å². The molecule has 6 heteroatoms. The number of nitrogens with zero attached hydrogens (tertiary/aromatic N) is 2. The van der Waals surface area contributed by atoms with Gasteiger partial charge in [-0.15, -0.1) is 11.8 Å².